The molecule has 11 atom stereocenters. The number of hydrogen-bond donors (Lipinski definition) is 7. The number of benzene rings is 2. The van der Waals surface area contributed by atoms with E-state index in [4.69, 9.17) is 33.2 Å². The zero-order valence-electron chi connectivity index (χ0n) is 24.0. The van der Waals surface area contributed by atoms with E-state index in [2.05, 4.69) is 0 Å². The van der Waals surface area contributed by atoms with Gasteiger partial charge in [0.2, 0.25) is 6.29 Å². The maximum Gasteiger partial charge on any atom is 0.229 e. The van der Waals surface area contributed by atoms with Crippen LogP contribution in [-0.4, -0.2) is 124 Å². The zero-order chi connectivity index (χ0) is 31.9. The summed E-state index contributed by atoms with van der Waals surface area (Å²) in [5.41, 5.74) is 0.551. The number of ketones is 1. The predicted molar refractivity (Wildman–Crippen MR) is 146 cm³/mol. The fraction of sp³-hybridized carbons (Fsp3) is 0.552. The number of rotatable bonds is 8. The Labute approximate surface area is 251 Å². The highest BCUT2D eigenvalue weighted by molar-refractivity contribution is 6.02. The Morgan fingerprint density at radius 1 is 0.818 bits per heavy atom. The predicted octanol–water partition coefficient (Wildman–Crippen LogP) is -0.854. The summed E-state index contributed by atoms with van der Waals surface area (Å²) >= 11 is 0. The number of aliphatic hydroxyl groups is 6. The Kier molecular flexibility index (Phi) is 9.50. The lowest BCUT2D eigenvalue weighted by atomic mass is 9.95. The van der Waals surface area contributed by atoms with Crippen LogP contribution in [0.2, 0.25) is 0 Å². The van der Waals surface area contributed by atoms with E-state index < -0.39 is 79.9 Å². The summed E-state index contributed by atoms with van der Waals surface area (Å²) in [4.78, 5) is 13.0. The van der Waals surface area contributed by atoms with Crippen LogP contribution in [0.4, 0.5) is 0 Å². The summed E-state index contributed by atoms with van der Waals surface area (Å²) in [6.45, 7) is 0.982. The molecule has 2 fully saturated rings. The molecule has 0 saturated carbocycles. The maximum atomic E-state index is 13.0. The van der Waals surface area contributed by atoms with E-state index in [1.54, 1.807) is 18.2 Å². The Balaban J connectivity index is 1.31. The Morgan fingerprint density at radius 2 is 1.50 bits per heavy atom. The molecule has 0 bridgehead atoms. The third-order valence-corrected chi connectivity index (χ3v) is 7.91. The van der Waals surface area contributed by atoms with Gasteiger partial charge in [0.1, 0.15) is 71.6 Å². The number of ether oxygens (including phenoxy) is 7. The lowest BCUT2D eigenvalue weighted by Crippen LogP contribution is -2.61. The van der Waals surface area contributed by atoms with Crippen molar-refractivity contribution in [3.8, 4) is 28.7 Å². The molecule has 0 radical (unpaired) electrons. The molecule has 2 saturated heterocycles. The third kappa shape index (κ3) is 6.15. The Hall–Kier alpha value is -3.25. The smallest absolute Gasteiger partial charge is 0.229 e. The van der Waals surface area contributed by atoms with Gasteiger partial charge in [0.15, 0.2) is 23.6 Å². The summed E-state index contributed by atoms with van der Waals surface area (Å²) in [6.07, 6.45) is -15.7. The molecule has 5 rings (SSSR count). The molecule has 0 aromatic heterocycles. The fourth-order valence-corrected chi connectivity index (χ4v) is 5.35. The number of aromatic hydroxyl groups is 1. The Morgan fingerprint density at radius 3 is 2.20 bits per heavy atom. The third-order valence-electron chi connectivity index (χ3n) is 7.91. The van der Waals surface area contributed by atoms with Crippen LogP contribution < -0.4 is 18.9 Å². The highest BCUT2D eigenvalue weighted by Gasteiger charge is 2.47. The molecule has 3 aliphatic rings. The summed E-state index contributed by atoms with van der Waals surface area (Å²) in [5, 5.41) is 72.3. The van der Waals surface area contributed by atoms with Gasteiger partial charge in [-0.05, 0) is 24.6 Å². The molecule has 2 aromatic rings. The minimum atomic E-state index is -1.76. The van der Waals surface area contributed by atoms with Crippen molar-refractivity contribution in [1.82, 2.24) is 0 Å². The molecule has 15 nitrogen and oxygen atoms in total. The van der Waals surface area contributed by atoms with E-state index >= 15 is 0 Å². The van der Waals surface area contributed by atoms with E-state index in [9.17, 15) is 40.5 Å². The van der Waals surface area contributed by atoms with Gasteiger partial charge in [0, 0.05) is 12.1 Å². The molecular weight excluding hydrogens is 588 g/mol. The van der Waals surface area contributed by atoms with Gasteiger partial charge in [-0.2, -0.15) is 0 Å². The number of aliphatic hydroxyl groups excluding tert-OH is 6. The van der Waals surface area contributed by atoms with Crippen LogP contribution in [0.1, 0.15) is 35.4 Å². The van der Waals surface area contributed by atoms with Crippen LogP contribution in [0, 0.1) is 0 Å². The van der Waals surface area contributed by atoms with Crippen molar-refractivity contribution in [3.05, 3.63) is 41.5 Å². The van der Waals surface area contributed by atoms with E-state index in [1.165, 1.54) is 27.2 Å². The molecule has 7 N–H and O–H groups in total. The molecule has 0 amide bonds. The van der Waals surface area contributed by atoms with E-state index in [0.29, 0.717) is 17.1 Å². The van der Waals surface area contributed by atoms with Crippen molar-refractivity contribution in [3.63, 3.8) is 0 Å². The normalized spacial score (nSPS) is 35.4. The first-order valence-corrected chi connectivity index (χ1v) is 13.9. The van der Waals surface area contributed by atoms with Crippen molar-refractivity contribution in [2.45, 2.75) is 80.9 Å². The molecule has 0 aliphatic carbocycles. The molecule has 3 heterocycles. The zero-order valence-corrected chi connectivity index (χ0v) is 24.0. The SMILES string of the molecule is COc1ccc([C@@H]2CC(=O)c3c(O)cc(O[C@@H]4O[C@H](CO[C@@H]5O[C@H](C)[C@H](O)[C@H](O)[C@@H]5O)[C@H](O)[C@H](O)[C@@H]4O)cc3O2)cc1OC. The van der Waals surface area contributed by atoms with Gasteiger partial charge < -0.3 is 68.9 Å². The van der Waals surface area contributed by atoms with Crippen molar-refractivity contribution in [2.24, 2.45) is 0 Å². The first-order valence-electron chi connectivity index (χ1n) is 13.9. The second kappa shape index (κ2) is 13.0. The van der Waals surface area contributed by atoms with Crippen LogP contribution in [0.5, 0.6) is 28.7 Å². The Bertz CT molecular complexity index is 1340. The summed E-state index contributed by atoms with van der Waals surface area (Å²) < 4.78 is 38.9. The van der Waals surface area contributed by atoms with E-state index in [-0.39, 0.29) is 29.3 Å². The van der Waals surface area contributed by atoms with Gasteiger partial charge in [0.05, 0.1) is 33.4 Å². The number of fused-ring (bicyclic) bond motifs is 1. The van der Waals surface area contributed by atoms with Gasteiger partial charge in [-0.3, -0.25) is 4.79 Å². The molecule has 242 valence electrons. The molecular formula is C29H36O15. The van der Waals surface area contributed by atoms with Gasteiger partial charge in [0.25, 0.3) is 0 Å². The van der Waals surface area contributed by atoms with E-state index in [1.807, 2.05) is 0 Å². The lowest BCUT2D eigenvalue weighted by molar-refractivity contribution is -0.318. The lowest BCUT2D eigenvalue weighted by Gasteiger charge is -2.42. The summed E-state index contributed by atoms with van der Waals surface area (Å²) in [7, 11) is 2.97. The second-order valence-corrected chi connectivity index (χ2v) is 10.8. The highest BCUT2D eigenvalue weighted by Crippen LogP contribution is 2.43. The maximum absolute atomic E-state index is 13.0. The number of carbonyl (C=O) groups excluding carboxylic acids is 1. The summed E-state index contributed by atoms with van der Waals surface area (Å²) in [6, 6.07) is 7.50. The fourth-order valence-electron chi connectivity index (χ4n) is 5.35. The number of phenolic OH excluding ortho intramolecular Hbond substituents is 1. The number of Topliss-reactive ketones (excluding diaryl/α,β-unsaturated/α-hetero) is 1. The molecule has 0 spiro atoms. The minimum Gasteiger partial charge on any atom is -0.507 e. The standard InChI is InChI=1S/C29H36O15/c1-11-22(32)24(34)26(36)28(41-11)40-10-20-23(33)25(35)27(37)29(44-20)42-13-7-14(30)21-15(31)9-17(43-19(21)8-13)12-4-5-16(38-2)18(6-12)39-3/h4-8,11,17,20,22-30,32-37H,9-10H2,1-3H3/t11-,17+,20-,22+,23+,24+,25+,26+,27+,28-,29-/m1/s1. The monoisotopic (exact) mass is 624 g/mol. The van der Waals surface area contributed by atoms with Gasteiger partial charge in [-0.25, -0.2) is 0 Å². The first kappa shape index (κ1) is 32.2. The largest absolute Gasteiger partial charge is 0.507 e. The van der Waals surface area contributed by atoms with E-state index in [0.717, 1.165) is 6.07 Å². The average molecular weight is 625 g/mol. The van der Waals surface area contributed by atoms with Crippen LogP contribution >= 0.6 is 0 Å². The van der Waals surface area contributed by atoms with Crippen molar-refractivity contribution < 1.29 is 73.7 Å². The molecule has 0 unspecified atom stereocenters. The first-order chi connectivity index (χ1) is 20.9. The van der Waals surface area contributed by atoms with Crippen molar-refractivity contribution >= 4 is 5.78 Å². The molecule has 44 heavy (non-hydrogen) atoms. The molecule has 2 aromatic carbocycles. The van der Waals surface area contributed by atoms with Crippen LogP contribution in [-0.2, 0) is 14.2 Å². The van der Waals surface area contributed by atoms with Crippen LogP contribution in [0.15, 0.2) is 30.3 Å². The van der Waals surface area contributed by atoms with Gasteiger partial charge in [-0.1, -0.05) is 6.07 Å². The molecule has 3 aliphatic heterocycles. The average Bonchev–Trinajstić information content (AvgIpc) is 3.01. The topological polar surface area (TPSA) is 223 Å². The number of hydrogen-bond acceptors (Lipinski definition) is 15. The van der Waals surface area contributed by atoms with Crippen molar-refractivity contribution in [2.75, 3.05) is 20.8 Å². The van der Waals surface area contributed by atoms with Crippen molar-refractivity contribution in [1.29, 1.82) is 0 Å². The number of methoxy groups -OCH3 is 2. The van der Waals surface area contributed by atoms with Gasteiger partial charge >= 0.3 is 0 Å². The number of carbonyl (C=O) groups is 1. The minimum absolute atomic E-state index is 0.0000931. The summed E-state index contributed by atoms with van der Waals surface area (Å²) in [5.74, 6) is -0.00697. The second-order valence-electron chi connectivity index (χ2n) is 10.8. The van der Waals surface area contributed by atoms with Gasteiger partial charge in [-0.15, -0.1) is 0 Å². The number of phenols is 1. The van der Waals surface area contributed by atoms with Crippen LogP contribution in [0.3, 0.4) is 0 Å². The van der Waals surface area contributed by atoms with Crippen LogP contribution in [0.25, 0.3) is 0 Å². The quantitative estimate of drug-likeness (QED) is 0.190. The highest BCUT2D eigenvalue weighted by atomic mass is 16.7. The molecule has 15 heteroatoms.